The molecular formula is C23H30F2O9. The molecule has 11 heteroatoms. The van der Waals surface area contributed by atoms with Gasteiger partial charge in [0.15, 0.2) is 0 Å². The highest BCUT2D eigenvalue weighted by atomic mass is 19.3. The van der Waals surface area contributed by atoms with Crippen molar-refractivity contribution in [3.63, 3.8) is 0 Å². The summed E-state index contributed by atoms with van der Waals surface area (Å²) in [6.07, 6.45) is -2.76. The molecule has 0 aromatic heterocycles. The molecule has 0 fully saturated rings. The Morgan fingerprint density at radius 3 is 1.41 bits per heavy atom. The van der Waals surface area contributed by atoms with Gasteiger partial charge in [-0.15, -0.1) is 0 Å². The van der Waals surface area contributed by atoms with E-state index < -0.39 is 55.6 Å². The van der Waals surface area contributed by atoms with E-state index in [-0.39, 0.29) is 35.1 Å². The normalized spacial score (nSPS) is 10.9. The number of esters is 4. The zero-order valence-electron chi connectivity index (χ0n) is 19.7. The number of hydrogen-bond acceptors (Lipinski definition) is 9. The van der Waals surface area contributed by atoms with Gasteiger partial charge in [-0.2, -0.15) is 0 Å². The number of alkyl halides is 2. The number of halogens is 2. The minimum absolute atomic E-state index is 0.0229. The topological polar surface area (TPSA) is 114 Å². The fourth-order valence-electron chi connectivity index (χ4n) is 1.84. The Bertz CT molecular complexity index is 789. The van der Waals surface area contributed by atoms with Gasteiger partial charge in [0, 0.05) is 35.1 Å². The maximum atomic E-state index is 14.3. The van der Waals surface area contributed by atoms with Crippen LogP contribution in [-0.4, -0.2) is 49.2 Å². The average molecular weight is 488 g/mol. The first kappa shape index (κ1) is 30.7. The zero-order valence-corrected chi connectivity index (χ0v) is 19.7. The maximum Gasteiger partial charge on any atom is 0.365 e. The molecule has 0 saturated carbocycles. The minimum atomic E-state index is -3.48. The number of carbonyl (C=O) groups is 4. The Balaban J connectivity index is 5.04. The number of carbonyl (C=O) groups excluding carboxylic acids is 4. The molecule has 0 unspecified atom stereocenters. The van der Waals surface area contributed by atoms with Crippen LogP contribution in [0.2, 0.25) is 0 Å². The van der Waals surface area contributed by atoms with E-state index in [0.29, 0.717) is 0 Å². The second-order valence-corrected chi connectivity index (χ2v) is 7.52. The number of rotatable bonds is 15. The lowest BCUT2D eigenvalue weighted by molar-refractivity contribution is -0.278. The molecular weight excluding hydrogens is 458 g/mol. The predicted molar refractivity (Wildman–Crippen MR) is 116 cm³/mol. The van der Waals surface area contributed by atoms with E-state index in [2.05, 4.69) is 26.3 Å². The van der Waals surface area contributed by atoms with Gasteiger partial charge in [-0.25, -0.2) is 28.0 Å². The van der Waals surface area contributed by atoms with E-state index in [9.17, 15) is 28.0 Å². The van der Waals surface area contributed by atoms with Crippen molar-refractivity contribution in [2.24, 2.45) is 0 Å². The van der Waals surface area contributed by atoms with Crippen LogP contribution in [0.4, 0.5) is 8.78 Å². The fraction of sp³-hybridized carbons (Fsp3) is 0.478. The van der Waals surface area contributed by atoms with E-state index >= 15 is 0 Å². The maximum absolute atomic E-state index is 14.3. The molecule has 0 N–H and O–H groups in total. The molecule has 9 nitrogen and oxygen atoms in total. The highest BCUT2D eigenvalue weighted by Crippen LogP contribution is 2.24. The third-order valence-corrected chi connectivity index (χ3v) is 3.69. The van der Waals surface area contributed by atoms with Crippen molar-refractivity contribution in [2.75, 3.05) is 6.61 Å². The van der Waals surface area contributed by atoms with E-state index in [0.717, 1.165) is 0 Å². The molecule has 0 aliphatic carbocycles. The summed E-state index contributed by atoms with van der Waals surface area (Å²) < 4.78 is 52.7. The molecule has 0 amide bonds. The van der Waals surface area contributed by atoms with Gasteiger partial charge in [0.05, 0.1) is 0 Å². The molecule has 0 radical (unpaired) electrons. The minimum Gasteiger partial charge on any atom is -0.422 e. The quantitative estimate of drug-likeness (QED) is 0.192. The third kappa shape index (κ3) is 12.6. The third-order valence-electron chi connectivity index (χ3n) is 3.69. The summed E-state index contributed by atoms with van der Waals surface area (Å²) in [6.45, 7) is 15.4. The van der Waals surface area contributed by atoms with Gasteiger partial charge < -0.3 is 23.7 Å². The largest absolute Gasteiger partial charge is 0.422 e. The van der Waals surface area contributed by atoms with Crippen LogP contribution < -0.4 is 0 Å². The Hall–Kier alpha value is -3.34. The molecule has 0 atom stereocenters. The zero-order chi connectivity index (χ0) is 26.6. The van der Waals surface area contributed by atoms with E-state index in [1.54, 1.807) is 0 Å². The van der Waals surface area contributed by atoms with Crippen molar-refractivity contribution in [1.29, 1.82) is 0 Å². The first-order chi connectivity index (χ1) is 15.6. The highest BCUT2D eigenvalue weighted by Gasteiger charge is 2.33. The Morgan fingerprint density at radius 1 is 0.706 bits per heavy atom. The molecule has 0 aromatic rings. The smallest absolute Gasteiger partial charge is 0.365 e. The highest BCUT2D eigenvalue weighted by molar-refractivity contribution is 5.89. The summed E-state index contributed by atoms with van der Waals surface area (Å²) in [5, 5.41) is 0. The lowest BCUT2D eigenvalue weighted by Gasteiger charge is -2.23. The van der Waals surface area contributed by atoms with Crippen LogP contribution in [0.3, 0.4) is 0 Å². The second-order valence-electron chi connectivity index (χ2n) is 7.52. The molecule has 0 aromatic carbocycles. The summed E-state index contributed by atoms with van der Waals surface area (Å²) >= 11 is 0. The molecule has 190 valence electrons. The molecule has 0 bridgehead atoms. The molecule has 34 heavy (non-hydrogen) atoms. The van der Waals surface area contributed by atoms with E-state index in [1.807, 2.05) is 0 Å². The Morgan fingerprint density at radius 2 is 1.06 bits per heavy atom. The van der Waals surface area contributed by atoms with Gasteiger partial charge in [0.25, 0.3) is 5.92 Å². The van der Waals surface area contributed by atoms with Crippen LogP contribution in [-0.2, 0) is 42.9 Å². The van der Waals surface area contributed by atoms with Crippen LogP contribution >= 0.6 is 0 Å². The van der Waals surface area contributed by atoms with Gasteiger partial charge in [-0.05, 0) is 34.1 Å². The first-order valence-corrected chi connectivity index (χ1v) is 10.0. The van der Waals surface area contributed by atoms with Gasteiger partial charge in [-0.1, -0.05) is 26.3 Å². The molecule has 0 rings (SSSR count). The van der Waals surface area contributed by atoms with Gasteiger partial charge in [-0.3, -0.25) is 0 Å². The van der Waals surface area contributed by atoms with Gasteiger partial charge in [0.1, 0.15) is 6.61 Å². The summed E-state index contributed by atoms with van der Waals surface area (Å²) in [7, 11) is 0. The first-order valence-electron chi connectivity index (χ1n) is 10.0. The van der Waals surface area contributed by atoms with Crippen LogP contribution in [0.1, 0.15) is 47.0 Å². The Kier molecular flexibility index (Phi) is 12.7. The standard InChI is InChI=1S/C23H30F2O9/c1-13(2)18(26)31-17(32-19(27)14(3)4)10-9-11-23(24,25)12-30-22(33-20(28)15(5)6)34-21(29)16(7)8/h17,22H,1,3,5,7,9-12H2,2,4,6,8H3. The van der Waals surface area contributed by atoms with E-state index in [4.69, 9.17) is 23.7 Å². The molecule has 0 heterocycles. The monoisotopic (exact) mass is 488 g/mol. The van der Waals surface area contributed by atoms with Crippen molar-refractivity contribution in [2.45, 2.75) is 65.6 Å². The van der Waals surface area contributed by atoms with Crippen molar-refractivity contribution in [3.05, 3.63) is 48.6 Å². The van der Waals surface area contributed by atoms with Crippen LogP contribution in [0, 0.1) is 0 Å². The lowest BCUT2D eigenvalue weighted by Crippen LogP contribution is -2.34. The SMILES string of the molecule is C=C(C)C(=O)OC(CCCC(F)(F)COC(OC(=O)C(=C)C)OC(=O)C(=C)C)OC(=O)C(=C)C. The summed E-state index contributed by atoms with van der Waals surface area (Å²) in [6, 6.07) is 0. The number of hydrogen-bond donors (Lipinski definition) is 0. The lowest BCUT2D eigenvalue weighted by atomic mass is 10.1. The van der Waals surface area contributed by atoms with Crippen LogP contribution in [0.5, 0.6) is 0 Å². The van der Waals surface area contributed by atoms with Gasteiger partial charge >= 0.3 is 30.4 Å². The number of ether oxygens (including phenoxy) is 5. The Labute approximate surface area is 197 Å². The van der Waals surface area contributed by atoms with Crippen molar-refractivity contribution in [3.8, 4) is 0 Å². The van der Waals surface area contributed by atoms with Crippen molar-refractivity contribution < 1.29 is 51.6 Å². The summed E-state index contributed by atoms with van der Waals surface area (Å²) in [5.41, 5.74) is -0.109. The molecule has 0 saturated heterocycles. The predicted octanol–water partition coefficient (Wildman–Crippen LogP) is 3.90. The van der Waals surface area contributed by atoms with Crippen LogP contribution in [0.15, 0.2) is 48.6 Å². The summed E-state index contributed by atoms with van der Waals surface area (Å²) in [4.78, 5) is 46.7. The fourth-order valence-corrected chi connectivity index (χ4v) is 1.84. The van der Waals surface area contributed by atoms with Crippen LogP contribution in [0.25, 0.3) is 0 Å². The summed E-state index contributed by atoms with van der Waals surface area (Å²) in [5.74, 6) is -7.26. The average Bonchev–Trinajstić information content (AvgIpc) is 2.71. The van der Waals surface area contributed by atoms with Crippen molar-refractivity contribution >= 4 is 23.9 Å². The van der Waals surface area contributed by atoms with Crippen molar-refractivity contribution in [1.82, 2.24) is 0 Å². The molecule has 0 spiro atoms. The van der Waals surface area contributed by atoms with E-state index in [1.165, 1.54) is 27.7 Å². The van der Waals surface area contributed by atoms with Gasteiger partial charge in [0.2, 0.25) is 6.29 Å². The second kappa shape index (κ2) is 14.0. The molecule has 0 aliphatic heterocycles. The molecule has 0 aliphatic rings.